The number of unbranched alkanes of at least 4 members (excludes halogenated alkanes) is 14. The van der Waals surface area contributed by atoms with Crippen molar-refractivity contribution < 1.29 is 19.2 Å². The maximum atomic E-state index is 12.1. The molecule has 0 saturated heterocycles. The number of carbonyl (C=O) groups excluding carboxylic acids is 4. The minimum absolute atomic E-state index is 0.0948. The Labute approximate surface area is 254 Å². The van der Waals surface area contributed by atoms with E-state index in [0.29, 0.717) is 38.8 Å². The molecule has 0 unspecified atom stereocenters. The molecule has 0 aliphatic heterocycles. The quantitative estimate of drug-likeness (QED) is 0.0537. The van der Waals surface area contributed by atoms with E-state index in [4.69, 9.17) is 22.9 Å². The van der Waals surface area contributed by atoms with Crippen LogP contribution in [0.2, 0.25) is 0 Å². The van der Waals surface area contributed by atoms with Crippen molar-refractivity contribution in [1.29, 1.82) is 0 Å². The predicted octanol–water partition coefficient (Wildman–Crippen LogP) is 3.98. The van der Waals surface area contributed by atoms with Crippen LogP contribution in [0.3, 0.4) is 0 Å². The molecule has 10 N–H and O–H groups in total. The van der Waals surface area contributed by atoms with Crippen LogP contribution in [0.15, 0.2) is 12.2 Å². The second-order valence-electron chi connectivity index (χ2n) is 11.4. The van der Waals surface area contributed by atoms with Crippen molar-refractivity contribution in [3.63, 3.8) is 0 Å². The Morgan fingerprint density at radius 1 is 0.476 bits per heavy atom. The van der Waals surface area contributed by atoms with Crippen LogP contribution in [0.5, 0.6) is 0 Å². The number of amides is 4. The Morgan fingerprint density at radius 3 is 1.14 bits per heavy atom. The van der Waals surface area contributed by atoms with Gasteiger partial charge in [-0.2, -0.15) is 0 Å². The zero-order valence-corrected chi connectivity index (χ0v) is 26.2. The van der Waals surface area contributed by atoms with Gasteiger partial charge in [-0.25, -0.2) is 0 Å². The molecule has 0 aliphatic carbocycles. The van der Waals surface area contributed by atoms with Gasteiger partial charge in [0.1, 0.15) is 12.1 Å². The first-order valence-electron chi connectivity index (χ1n) is 16.5. The fourth-order valence-electron chi connectivity index (χ4n) is 4.84. The second-order valence-corrected chi connectivity index (χ2v) is 11.4. The highest BCUT2D eigenvalue weighted by Crippen LogP contribution is 2.12. The molecule has 0 heterocycles. The third-order valence-corrected chi connectivity index (χ3v) is 7.47. The highest BCUT2D eigenvalue weighted by atomic mass is 16.2. The minimum Gasteiger partial charge on any atom is -0.368 e. The molecule has 2 atom stereocenters. The van der Waals surface area contributed by atoms with Gasteiger partial charge >= 0.3 is 0 Å². The van der Waals surface area contributed by atoms with Crippen LogP contribution in [-0.2, 0) is 19.2 Å². The van der Waals surface area contributed by atoms with Gasteiger partial charge in [0, 0.05) is 12.8 Å². The molecule has 4 amide bonds. The van der Waals surface area contributed by atoms with Gasteiger partial charge in [0.2, 0.25) is 23.6 Å². The van der Waals surface area contributed by atoms with E-state index in [-0.39, 0.29) is 11.8 Å². The summed E-state index contributed by atoms with van der Waals surface area (Å²) in [6, 6.07) is -1.17. The van der Waals surface area contributed by atoms with Crippen molar-refractivity contribution >= 4 is 23.6 Å². The van der Waals surface area contributed by atoms with Gasteiger partial charge in [0.05, 0.1) is 0 Å². The maximum Gasteiger partial charge on any atom is 0.239 e. The molecule has 10 heteroatoms. The number of hydrogen-bond acceptors (Lipinski definition) is 6. The van der Waals surface area contributed by atoms with Crippen LogP contribution in [0.25, 0.3) is 0 Å². The van der Waals surface area contributed by atoms with Crippen LogP contribution >= 0.6 is 0 Å². The molecule has 0 aromatic heterocycles. The van der Waals surface area contributed by atoms with E-state index in [2.05, 4.69) is 22.8 Å². The van der Waals surface area contributed by atoms with Gasteiger partial charge in [-0.15, -0.1) is 0 Å². The lowest BCUT2D eigenvalue weighted by Gasteiger charge is -2.15. The van der Waals surface area contributed by atoms with Crippen LogP contribution in [0.4, 0.5) is 0 Å². The monoisotopic (exact) mass is 594 g/mol. The van der Waals surface area contributed by atoms with Crippen LogP contribution < -0.4 is 33.6 Å². The number of primary amides is 2. The van der Waals surface area contributed by atoms with Crippen LogP contribution in [0.1, 0.15) is 141 Å². The molecular weight excluding hydrogens is 532 g/mol. The molecule has 0 aromatic carbocycles. The summed E-state index contributed by atoms with van der Waals surface area (Å²) in [6.07, 6.45) is 25.1. The van der Waals surface area contributed by atoms with E-state index in [1.807, 2.05) is 0 Å². The minimum atomic E-state index is -0.587. The fraction of sp³-hybridized carbons (Fsp3) is 0.812. The van der Waals surface area contributed by atoms with Crippen molar-refractivity contribution in [1.82, 2.24) is 10.6 Å². The van der Waals surface area contributed by atoms with Gasteiger partial charge < -0.3 is 33.6 Å². The normalized spacial score (nSPS) is 12.7. The Bertz CT molecular complexity index is 687. The number of allylic oxidation sites excluding steroid dienone is 2. The second kappa shape index (κ2) is 28.6. The highest BCUT2D eigenvalue weighted by molar-refractivity contribution is 5.87. The molecule has 244 valence electrons. The van der Waals surface area contributed by atoms with Crippen LogP contribution in [-0.4, -0.2) is 48.8 Å². The van der Waals surface area contributed by atoms with E-state index in [0.717, 1.165) is 77.0 Å². The average molecular weight is 595 g/mol. The molecule has 10 nitrogen and oxygen atoms in total. The summed E-state index contributed by atoms with van der Waals surface area (Å²) in [4.78, 5) is 47.1. The Hall–Kier alpha value is -2.46. The number of rotatable bonds is 30. The van der Waals surface area contributed by atoms with E-state index in [9.17, 15) is 19.2 Å². The zero-order valence-electron chi connectivity index (χ0n) is 26.2. The first kappa shape index (κ1) is 39.5. The topological polar surface area (TPSA) is 196 Å². The first-order valence-corrected chi connectivity index (χ1v) is 16.5. The summed E-state index contributed by atoms with van der Waals surface area (Å²) in [6.45, 7) is 1.15. The fourth-order valence-corrected chi connectivity index (χ4v) is 4.84. The Balaban J connectivity index is 3.57. The van der Waals surface area contributed by atoms with Crippen molar-refractivity contribution in [2.24, 2.45) is 22.9 Å². The molecule has 0 rings (SSSR count). The van der Waals surface area contributed by atoms with E-state index in [1.54, 1.807) is 0 Å². The van der Waals surface area contributed by atoms with Gasteiger partial charge in [0.15, 0.2) is 0 Å². The molecule has 0 aliphatic rings. The molecule has 42 heavy (non-hydrogen) atoms. The van der Waals surface area contributed by atoms with E-state index in [1.165, 1.54) is 38.5 Å². The molecule has 0 bridgehead atoms. The number of nitrogens with one attached hydrogen (secondary N) is 2. The zero-order chi connectivity index (χ0) is 31.3. The van der Waals surface area contributed by atoms with Crippen molar-refractivity contribution in [2.45, 2.75) is 153 Å². The van der Waals surface area contributed by atoms with Crippen LogP contribution in [0, 0.1) is 0 Å². The van der Waals surface area contributed by atoms with Crippen molar-refractivity contribution in [3.8, 4) is 0 Å². The SMILES string of the molecule is NCCCC[C@H](NC(=O)CCCCCCCC/C=C/CCCCCCCCC(=O)N[C@@H](CCCCN)C(N)=O)C(N)=O. The molecule has 0 spiro atoms. The van der Waals surface area contributed by atoms with Gasteiger partial charge in [0.25, 0.3) is 0 Å². The lowest BCUT2D eigenvalue weighted by molar-refractivity contribution is -0.127. The van der Waals surface area contributed by atoms with Crippen molar-refractivity contribution in [2.75, 3.05) is 13.1 Å². The summed E-state index contributed by atoms with van der Waals surface area (Å²) < 4.78 is 0. The molecule has 0 saturated carbocycles. The molecular formula is C32H62N6O4. The van der Waals surface area contributed by atoms with Gasteiger partial charge in [-0.1, -0.05) is 63.5 Å². The standard InChI is InChI=1S/C32H62N6O4/c33-25-19-17-21-27(31(35)41)37-29(39)23-15-13-11-9-7-5-3-1-2-4-6-8-10-12-14-16-24-30(40)38-28(32(36)42)22-18-20-26-34/h1-2,27-28H,3-26,33-34H2,(H2,35,41)(H2,36,42)(H,37,39)(H,38,40)/b2-1+/t27-,28-/m0/s1. The van der Waals surface area contributed by atoms with E-state index < -0.39 is 23.9 Å². The van der Waals surface area contributed by atoms with Gasteiger partial charge in [-0.3, -0.25) is 19.2 Å². The number of carbonyl (C=O) groups is 4. The smallest absolute Gasteiger partial charge is 0.239 e. The first-order chi connectivity index (χ1) is 20.3. The average Bonchev–Trinajstić information content (AvgIpc) is 2.95. The lowest BCUT2D eigenvalue weighted by Crippen LogP contribution is -2.44. The molecule has 0 fully saturated rings. The number of hydrogen-bond donors (Lipinski definition) is 6. The third kappa shape index (κ3) is 25.3. The third-order valence-electron chi connectivity index (χ3n) is 7.47. The summed E-state index contributed by atoms with van der Waals surface area (Å²) in [5, 5.41) is 5.52. The number of nitrogens with two attached hydrogens (primary N) is 4. The predicted molar refractivity (Wildman–Crippen MR) is 171 cm³/mol. The summed E-state index contributed by atoms with van der Waals surface area (Å²) in [5.41, 5.74) is 21.7. The van der Waals surface area contributed by atoms with Gasteiger partial charge in [-0.05, 0) is 90.1 Å². The Kier molecular flexibility index (Phi) is 27.0. The Morgan fingerprint density at radius 2 is 0.810 bits per heavy atom. The highest BCUT2D eigenvalue weighted by Gasteiger charge is 2.18. The maximum absolute atomic E-state index is 12.1. The lowest BCUT2D eigenvalue weighted by atomic mass is 10.1. The molecule has 0 aromatic rings. The summed E-state index contributed by atoms with van der Waals surface area (Å²) >= 11 is 0. The largest absolute Gasteiger partial charge is 0.368 e. The van der Waals surface area contributed by atoms with Crippen molar-refractivity contribution in [3.05, 3.63) is 12.2 Å². The molecule has 0 radical (unpaired) electrons. The summed E-state index contributed by atoms with van der Waals surface area (Å²) in [7, 11) is 0. The summed E-state index contributed by atoms with van der Waals surface area (Å²) in [5.74, 6) is -1.15. The van der Waals surface area contributed by atoms with E-state index >= 15 is 0 Å².